The van der Waals surface area contributed by atoms with Gasteiger partial charge in [-0.3, -0.25) is 23.7 Å². The summed E-state index contributed by atoms with van der Waals surface area (Å²) in [6.45, 7) is 1.73. The van der Waals surface area contributed by atoms with Gasteiger partial charge in [-0.05, 0) is 61.0 Å². The lowest BCUT2D eigenvalue weighted by Gasteiger charge is -2.30. The number of carbonyl (C=O) groups is 3. The second-order valence-corrected chi connectivity index (χ2v) is 12.6. The van der Waals surface area contributed by atoms with Gasteiger partial charge in [0.25, 0.3) is 0 Å². The Labute approximate surface area is 247 Å². The van der Waals surface area contributed by atoms with Crippen molar-refractivity contribution in [2.75, 3.05) is 10.2 Å². The van der Waals surface area contributed by atoms with Crippen LogP contribution in [-0.2, 0) is 20.9 Å². The predicted molar refractivity (Wildman–Crippen MR) is 159 cm³/mol. The lowest BCUT2D eigenvalue weighted by Crippen LogP contribution is -2.33. The van der Waals surface area contributed by atoms with Gasteiger partial charge in [-0.1, -0.05) is 76.1 Å². The molecule has 3 heterocycles. The van der Waals surface area contributed by atoms with Gasteiger partial charge in [-0.15, -0.1) is 0 Å². The van der Waals surface area contributed by atoms with E-state index in [4.69, 9.17) is 23.2 Å². The topological polar surface area (TPSA) is 88.5 Å². The highest BCUT2D eigenvalue weighted by Gasteiger charge is 2.56. The zero-order valence-corrected chi connectivity index (χ0v) is 24.1. The Bertz CT molecular complexity index is 1700. The molecule has 3 aromatic carbocycles. The third-order valence-electron chi connectivity index (χ3n) is 7.00. The minimum atomic E-state index is -0.781. The summed E-state index contributed by atoms with van der Waals surface area (Å²) in [4.78, 5) is 55.4. The maximum Gasteiger partial charge on any atom is 0.308 e. The summed E-state index contributed by atoms with van der Waals surface area (Å²) in [5.41, 5.74) is 2.87. The number of nitrogens with one attached hydrogen (secondary N) is 1. The molecule has 0 bridgehead atoms. The number of hydrogen-bond donors (Lipinski definition) is 1. The number of amides is 3. The second kappa shape index (κ2) is 10.6. The third-order valence-corrected chi connectivity index (χ3v) is 10.1. The number of nitrogens with zero attached hydrogens (tertiary/aromatic N) is 2. The van der Waals surface area contributed by atoms with E-state index in [1.165, 1.54) is 21.2 Å². The summed E-state index contributed by atoms with van der Waals surface area (Å²) in [6, 6.07) is 21.0. The summed E-state index contributed by atoms with van der Waals surface area (Å²) in [7, 11) is 0. The molecule has 1 saturated heterocycles. The highest BCUT2D eigenvalue weighted by Crippen LogP contribution is 2.54. The minimum absolute atomic E-state index is 0.223. The molecule has 40 heavy (non-hydrogen) atoms. The van der Waals surface area contributed by atoms with Crippen molar-refractivity contribution in [3.63, 3.8) is 0 Å². The number of benzene rings is 3. The van der Waals surface area contributed by atoms with E-state index in [2.05, 4.69) is 5.32 Å². The minimum Gasteiger partial charge on any atom is -0.325 e. The van der Waals surface area contributed by atoms with E-state index in [9.17, 15) is 19.2 Å². The number of anilines is 2. The van der Waals surface area contributed by atoms with Gasteiger partial charge < -0.3 is 5.32 Å². The number of aryl methyl sites for hydroxylation is 1. The molecular weight excluding hydrogens is 589 g/mol. The van der Waals surface area contributed by atoms with E-state index >= 15 is 0 Å². The van der Waals surface area contributed by atoms with Gasteiger partial charge in [0.1, 0.15) is 11.8 Å². The molecule has 0 radical (unpaired) electrons. The van der Waals surface area contributed by atoms with Crippen LogP contribution < -0.4 is 15.1 Å². The molecule has 0 spiro atoms. The molecule has 6 rings (SSSR count). The highest BCUT2D eigenvalue weighted by atomic mass is 35.5. The molecule has 0 aliphatic carbocycles. The fourth-order valence-electron chi connectivity index (χ4n) is 5.11. The first-order chi connectivity index (χ1) is 19.2. The molecule has 0 saturated carbocycles. The van der Waals surface area contributed by atoms with Crippen molar-refractivity contribution < 1.29 is 14.4 Å². The number of rotatable bonds is 5. The molecule has 2 aliphatic rings. The van der Waals surface area contributed by atoms with Crippen LogP contribution in [0.25, 0.3) is 0 Å². The number of imide groups is 1. The van der Waals surface area contributed by atoms with Crippen LogP contribution in [0.4, 0.5) is 11.4 Å². The van der Waals surface area contributed by atoms with E-state index in [0.717, 1.165) is 22.5 Å². The third kappa shape index (κ3) is 4.77. The molecule has 3 amide bonds. The van der Waals surface area contributed by atoms with Crippen molar-refractivity contribution in [2.24, 2.45) is 5.92 Å². The summed E-state index contributed by atoms with van der Waals surface area (Å²) >= 11 is 14.4. The fraction of sp³-hybridized carbons (Fsp3) is 0.172. The molecule has 11 heteroatoms. The smallest absolute Gasteiger partial charge is 0.308 e. The Morgan fingerprint density at radius 3 is 2.15 bits per heavy atom. The van der Waals surface area contributed by atoms with Crippen LogP contribution in [0.2, 0.25) is 10.0 Å². The first-order valence-corrected chi connectivity index (χ1v) is 14.8. The average molecular weight is 611 g/mol. The molecule has 3 unspecified atom stereocenters. The summed E-state index contributed by atoms with van der Waals surface area (Å²) in [6.07, 6.45) is 0. The molecule has 3 atom stereocenters. The van der Waals surface area contributed by atoms with Gasteiger partial charge in [0.2, 0.25) is 17.7 Å². The van der Waals surface area contributed by atoms with Gasteiger partial charge in [-0.25, -0.2) is 4.90 Å². The van der Waals surface area contributed by atoms with Crippen LogP contribution in [0.1, 0.15) is 21.9 Å². The molecule has 2 aliphatic heterocycles. The number of thiazole rings is 1. The monoisotopic (exact) mass is 609 g/mol. The van der Waals surface area contributed by atoms with E-state index in [-0.39, 0.29) is 29.1 Å². The van der Waals surface area contributed by atoms with Gasteiger partial charge >= 0.3 is 4.87 Å². The molecule has 202 valence electrons. The van der Waals surface area contributed by atoms with Gasteiger partial charge in [0.05, 0.1) is 16.6 Å². The van der Waals surface area contributed by atoms with Crippen LogP contribution in [0.5, 0.6) is 0 Å². The Morgan fingerprint density at radius 2 is 1.50 bits per heavy atom. The number of aromatic nitrogens is 1. The molecule has 7 nitrogen and oxygen atoms in total. The van der Waals surface area contributed by atoms with Crippen LogP contribution in [0, 0.1) is 12.8 Å². The molecule has 1 N–H and O–H groups in total. The molecular formula is C29H21Cl2N3O4S2. The Hall–Kier alpha value is -3.37. The number of fused-ring (bicyclic) bond motifs is 2. The Kier molecular flexibility index (Phi) is 7.08. The largest absolute Gasteiger partial charge is 0.325 e. The SMILES string of the molecule is Cc1ccc(NC(=O)Cn2c3c(sc2=O)C(c2ccc(Cl)cc2)C2C(=O)N(c4ccc(Cl)cc4)C(=O)C2S3)cc1. The average Bonchev–Trinajstić information content (AvgIpc) is 3.37. The van der Waals surface area contributed by atoms with Crippen LogP contribution in [0.15, 0.2) is 82.6 Å². The first kappa shape index (κ1) is 26.8. The second-order valence-electron chi connectivity index (χ2n) is 9.62. The lowest BCUT2D eigenvalue weighted by atomic mass is 9.83. The normalized spacial score (nSPS) is 19.9. The highest BCUT2D eigenvalue weighted by molar-refractivity contribution is 8.00. The fourth-order valence-corrected chi connectivity index (χ4v) is 8.14. The van der Waals surface area contributed by atoms with Crippen molar-refractivity contribution in [1.82, 2.24) is 4.57 Å². The van der Waals surface area contributed by atoms with E-state index in [1.807, 2.05) is 31.2 Å². The first-order valence-electron chi connectivity index (χ1n) is 12.4. The van der Waals surface area contributed by atoms with E-state index < -0.39 is 17.1 Å². The van der Waals surface area contributed by atoms with E-state index in [0.29, 0.717) is 31.3 Å². The Morgan fingerprint density at radius 1 is 0.875 bits per heavy atom. The van der Waals surface area contributed by atoms with Crippen LogP contribution in [-0.4, -0.2) is 27.5 Å². The van der Waals surface area contributed by atoms with Crippen molar-refractivity contribution in [1.29, 1.82) is 0 Å². The number of thioether (sulfide) groups is 1. The quantitative estimate of drug-likeness (QED) is 0.282. The van der Waals surface area contributed by atoms with Crippen molar-refractivity contribution in [3.05, 3.63) is 109 Å². The summed E-state index contributed by atoms with van der Waals surface area (Å²) < 4.78 is 1.40. The van der Waals surface area contributed by atoms with Crippen molar-refractivity contribution in [2.45, 2.75) is 29.7 Å². The summed E-state index contributed by atoms with van der Waals surface area (Å²) in [5.74, 6) is -2.39. The van der Waals surface area contributed by atoms with Gasteiger partial charge in [0, 0.05) is 26.5 Å². The zero-order valence-electron chi connectivity index (χ0n) is 21.0. The van der Waals surface area contributed by atoms with Gasteiger partial charge in [-0.2, -0.15) is 0 Å². The summed E-state index contributed by atoms with van der Waals surface area (Å²) in [5, 5.41) is 3.59. The number of halogens is 2. The van der Waals surface area contributed by atoms with Crippen molar-refractivity contribution >= 4 is 75.4 Å². The van der Waals surface area contributed by atoms with Crippen LogP contribution >= 0.6 is 46.3 Å². The number of hydrogen-bond acceptors (Lipinski definition) is 6. The van der Waals surface area contributed by atoms with Crippen LogP contribution in [0.3, 0.4) is 0 Å². The lowest BCUT2D eigenvalue weighted by molar-refractivity contribution is -0.122. The predicted octanol–water partition coefficient (Wildman–Crippen LogP) is 5.96. The van der Waals surface area contributed by atoms with Gasteiger partial charge in [0.15, 0.2) is 0 Å². The molecule has 1 aromatic heterocycles. The molecule has 1 fully saturated rings. The maximum absolute atomic E-state index is 13.9. The molecule has 4 aromatic rings. The standard InChI is InChI=1S/C29H21Cl2N3O4S2/c1-15-2-10-19(11-3-15)32-21(35)14-33-28-25(40-29(33)38)22(16-4-6-17(30)7-5-16)23-24(39-28)27(37)34(26(23)36)20-12-8-18(31)9-13-20/h2-13,22-24H,14H2,1H3,(H,32,35). The zero-order chi connectivity index (χ0) is 28.1. The Balaban J connectivity index is 1.40. The van der Waals surface area contributed by atoms with E-state index in [1.54, 1.807) is 48.5 Å². The maximum atomic E-state index is 13.9. The number of carbonyl (C=O) groups excluding carboxylic acids is 3. The van der Waals surface area contributed by atoms with Crippen molar-refractivity contribution in [3.8, 4) is 0 Å².